The first-order valence-corrected chi connectivity index (χ1v) is 6.27. The van der Waals surface area contributed by atoms with Crippen molar-refractivity contribution in [2.24, 2.45) is 0 Å². The summed E-state index contributed by atoms with van der Waals surface area (Å²) in [5.41, 5.74) is 7.47. The monoisotopic (exact) mass is 318 g/mol. The molecular weight excluding hydrogens is 308 g/mol. The number of carbonyl (C=O) groups is 1. The van der Waals surface area contributed by atoms with E-state index in [2.05, 4.69) is 0 Å². The minimum absolute atomic E-state index is 0. The van der Waals surface area contributed by atoms with Crippen LogP contribution in [0.15, 0.2) is 36.4 Å². The number of nitrogens with two attached hydrogens (primary N) is 1. The Hall–Kier alpha value is -0.710. The third kappa shape index (κ3) is 3.68. The Kier molecular flexibility index (Phi) is 6.37. The summed E-state index contributed by atoms with van der Waals surface area (Å²) >= 11 is 12.3. The Morgan fingerprint density at radius 2 is 1.60 bits per heavy atom. The van der Waals surface area contributed by atoms with Crippen LogP contribution in [-0.2, 0) is 4.79 Å². The van der Waals surface area contributed by atoms with Crippen LogP contribution in [0, 0.1) is 0 Å². The van der Waals surface area contributed by atoms with Crippen molar-refractivity contribution in [3.63, 3.8) is 0 Å². The SMILES string of the molecule is CC(=O)Oc1cccc(N)c1-c1c(Cl)cccc1Cl.[Na]. The van der Waals surface area contributed by atoms with E-state index in [1.807, 2.05) is 0 Å². The number of anilines is 1. The zero-order valence-electron chi connectivity index (χ0n) is 11.1. The quantitative estimate of drug-likeness (QED) is 0.397. The topological polar surface area (TPSA) is 52.3 Å². The van der Waals surface area contributed by atoms with Gasteiger partial charge >= 0.3 is 5.97 Å². The molecule has 6 heteroatoms. The molecular formula is C14H11Cl2NNaO2. The Labute approximate surface area is 149 Å². The summed E-state index contributed by atoms with van der Waals surface area (Å²) in [6.45, 7) is 1.32. The van der Waals surface area contributed by atoms with Gasteiger partial charge in [0.25, 0.3) is 0 Å². The summed E-state index contributed by atoms with van der Waals surface area (Å²) < 4.78 is 5.15. The first-order valence-electron chi connectivity index (χ1n) is 5.52. The van der Waals surface area contributed by atoms with Gasteiger partial charge in [0.05, 0.1) is 15.6 Å². The number of halogens is 2. The molecule has 3 nitrogen and oxygen atoms in total. The van der Waals surface area contributed by atoms with Crippen molar-refractivity contribution in [2.75, 3.05) is 5.73 Å². The van der Waals surface area contributed by atoms with E-state index in [-0.39, 0.29) is 29.6 Å². The van der Waals surface area contributed by atoms with E-state index < -0.39 is 5.97 Å². The van der Waals surface area contributed by atoms with Gasteiger partial charge in [-0.25, -0.2) is 0 Å². The second-order valence-corrected chi connectivity index (χ2v) is 4.73. The molecule has 0 aromatic heterocycles. The molecule has 0 saturated carbocycles. The van der Waals surface area contributed by atoms with Gasteiger partial charge in [-0.2, -0.15) is 0 Å². The number of nitrogen functional groups attached to an aromatic ring is 1. The van der Waals surface area contributed by atoms with Gasteiger partial charge in [-0.1, -0.05) is 35.3 Å². The molecule has 0 spiro atoms. The van der Waals surface area contributed by atoms with Crippen LogP contribution in [0.4, 0.5) is 5.69 Å². The van der Waals surface area contributed by atoms with Crippen LogP contribution in [0.5, 0.6) is 5.75 Å². The molecule has 20 heavy (non-hydrogen) atoms. The number of esters is 1. The van der Waals surface area contributed by atoms with Crippen molar-refractivity contribution < 1.29 is 9.53 Å². The molecule has 1 radical (unpaired) electrons. The largest absolute Gasteiger partial charge is 0.426 e. The maximum atomic E-state index is 11.1. The molecule has 2 aromatic rings. The minimum atomic E-state index is -0.435. The van der Waals surface area contributed by atoms with Crippen LogP contribution in [0.3, 0.4) is 0 Å². The van der Waals surface area contributed by atoms with Gasteiger partial charge < -0.3 is 10.5 Å². The molecule has 2 aromatic carbocycles. The predicted octanol–water partition coefficient (Wildman–Crippen LogP) is 3.79. The standard InChI is InChI=1S/C14H11Cl2NO2.Na/c1-8(18)19-12-7-3-6-11(17)14(12)13-9(15)4-2-5-10(13)16;/h2-7H,17H2,1H3;. The molecule has 0 unspecified atom stereocenters. The number of hydrogen-bond donors (Lipinski definition) is 1. The maximum Gasteiger partial charge on any atom is 0.308 e. The van der Waals surface area contributed by atoms with Crippen molar-refractivity contribution in [1.82, 2.24) is 0 Å². The van der Waals surface area contributed by atoms with Gasteiger partial charge in [-0.05, 0) is 24.3 Å². The number of benzene rings is 2. The summed E-state index contributed by atoms with van der Waals surface area (Å²) in [7, 11) is 0. The van der Waals surface area contributed by atoms with Gasteiger partial charge in [0.2, 0.25) is 0 Å². The fourth-order valence-electron chi connectivity index (χ4n) is 1.79. The second kappa shape index (κ2) is 7.34. The Bertz CT molecular complexity index is 627. The number of hydrogen-bond acceptors (Lipinski definition) is 3. The van der Waals surface area contributed by atoms with Crippen LogP contribution < -0.4 is 10.5 Å². The number of carbonyl (C=O) groups excluding carboxylic acids is 1. The van der Waals surface area contributed by atoms with Crippen molar-refractivity contribution in [1.29, 1.82) is 0 Å². The molecule has 0 aliphatic rings. The number of rotatable bonds is 2. The zero-order valence-corrected chi connectivity index (χ0v) is 14.6. The van der Waals surface area contributed by atoms with E-state index in [0.29, 0.717) is 32.6 Å². The third-order valence-corrected chi connectivity index (χ3v) is 3.15. The smallest absolute Gasteiger partial charge is 0.308 e. The fraction of sp³-hybridized carbons (Fsp3) is 0.0714. The van der Waals surface area contributed by atoms with Crippen molar-refractivity contribution in [3.8, 4) is 16.9 Å². The first-order chi connectivity index (χ1) is 9.00. The average Bonchev–Trinajstić information content (AvgIpc) is 2.31. The zero-order chi connectivity index (χ0) is 14.0. The molecule has 0 aliphatic carbocycles. The molecule has 0 aliphatic heterocycles. The first kappa shape index (κ1) is 17.3. The van der Waals surface area contributed by atoms with Crippen LogP contribution in [-0.4, -0.2) is 35.5 Å². The van der Waals surface area contributed by atoms with Crippen LogP contribution in [0.2, 0.25) is 10.0 Å². The van der Waals surface area contributed by atoms with Gasteiger partial charge in [0.15, 0.2) is 0 Å². The molecule has 0 bridgehead atoms. The van der Waals surface area contributed by atoms with Crippen LogP contribution in [0.1, 0.15) is 6.92 Å². The molecule has 99 valence electrons. The van der Waals surface area contributed by atoms with Gasteiger partial charge in [-0.15, -0.1) is 0 Å². The maximum absolute atomic E-state index is 11.1. The summed E-state index contributed by atoms with van der Waals surface area (Å²) in [5.74, 6) is -0.0995. The van der Waals surface area contributed by atoms with Crippen molar-refractivity contribution in [2.45, 2.75) is 6.92 Å². The van der Waals surface area contributed by atoms with Crippen molar-refractivity contribution in [3.05, 3.63) is 46.4 Å². The summed E-state index contributed by atoms with van der Waals surface area (Å²) in [6, 6.07) is 10.2. The van der Waals surface area contributed by atoms with Gasteiger partial charge in [-0.3, -0.25) is 4.79 Å². The van der Waals surface area contributed by atoms with Crippen LogP contribution in [0.25, 0.3) is 11.1 Å². The molecule has 0 atom stereocenters. The van der Waals surface area contributed by atoms with E-state index in [0.717, 1.165) is 0 Å². The van der Waals surface area contributed by atoms with Crippen LogP contribution >= 0.6 is 23.2 Å². The Morgan fingerprint density at radius 1 is 1.05 bits per heavy atom. The summed E-state index contributed by atoms with van der Waals surface area (Å²) in [5, 5.41) is 0.887. The summed E-state index contributed by atoms with van der Waals surface area (Å²) in [6.07, 6.45) is 0. The van der Waals surface area contributed by atoms with E-state index >= 15 is 0 Å². The molecule has 0 amide bonds. The fourth-order valence-corrected chi connectivity index (χ4v) is 2.38. The third-order valence-electron chi connectivity index (χ3n) is 2.52. The molecule has 0 heterocycles. The molecule has 2 N–H and O–H groups in total. The Morgan fingerprint density at radius 3 is 2.15 bits per heavy atom. The van der Waals surface area contributed by atoms with E-state index in [4.69, 9.17) is 33.7 Å². The molecule has 0 saturated heterocycles. The average molecular weight is 319 g/mol. The minimum Gasteiger partial charge on any atom is -0.426 e. The van der Waals surface area contributed by atoms with Gasteiger partial charge in [0, 0.05) is 47.7 Å². The molecule has 0 fully saturated rings. The van der Waals surface area contributed by atoms with E-state index in [1.54, 1.807) is 36.4 Å². The van der Waals surface area contributed by atoms with E-state index in [1.165, 1.54) is 6.92 Å². The predicted molar refractivity (Wildman–Crippen MR) is 83.4 cm³/mol. The molecule has 2 rings (SSSR count). The van der Waals surface area contributed by atoms with Crippen molar-refractivity contribution >= 4 is 64.4 Å². The van der Waals surface area contributed by atoms with Gasteiger partial charge in [0.1, 0.15) is 5.75 Å². The number of ether oxygens (including phenoxy) is 1. The normalized spacial score (nSPS) is 9.75. The Balaban J connectivity index is 0.00000200. The van der Waals surface area contributed by atoms with E-state index in [9.17, 15) is 4.79 Å². The summed E-state index contributed by atoms with van der Waals surface area (Å²) in [4.78, 5) is 11.1. The second-order valence-electron chi connectivity index (χ2n) is 3.91.